The summed E-state index contributed by atoms with van der Waals surface area (Å²) in [7, 11) is 0. The normalized spacial score (nSPS) is 35.2. The minimum absolute atomic E-state index is 0.264. The van der Waals surface area contributed by atoms with Crippen LogP contribution in [0.15, 0.2) is 0 Å². The van der Waals surface area contributed by atoms with Gasteiger partial charge in [-0.15, -0.1) is 0 Å². The molecular weight excluding hydrogens is 240 g/mol. The molecule has 1 atom stereocenters. The largest absolute Gasteiger partial charge is 0.390 e. The lowest BCUT2D eigenvalue weighted by Crippen LogP contribution is -2.48. The SMILES string of the molecule is CCOC1(C(O)CC2CCOCC2)CCC(C)CC1. The van der Waals surface area contributed by atoms with Crippen molar-refractivity contribution in [3.8, 4) is 0 Å². The van der Waals surface area contributed by atoms with Gasteiger partial charge in [0.2, 0.25) is 0 Å². The number of aliphatic hydroxyl groups excluding tert-OH is 1. The molecule has 2 fully saturated rings. The first-order chi connectivity index (χ1) is 9.16. The molecule has 112 valence electrons. The summed E-state index contributed by atoms with van der Waals surface area (Å²) in [4.78, 5) is 0. The summed E-state index contributed by atoms with van der Waals surface area (Å²) >= 11 is 0. The van der Waals surface area contributed by atoms with Crippen LogP contribution in [0.5, 0.6) is 0 Å². The van der Waals surface area contributed by atoms with Crippen LogP contribution in [0, 0.1) is 11.8 Å². The molecule has 3 nitrogen and oxygen atoms in total. The molecule has 0 aromatic rings. The van der Waals surface area contributed by atoms with Crippen LogP contribution in [0.25, 0.3) is 0 Å². The van der Waals surface area contributed by atoms with Crippen LogP contribution in [0.3, 0.4) is 0 Å². The highest BCUT2D eigenvalue weighted by Crippen LogP contribution is 2.39. The summed E-state index contributed by atoms with van der Waals surface area (Å²) < 4.78 is 11.4. The lowest BCUT2D eigenvalue weighted by atomic mass is 9.73. The van der Waals surface area contributed by atoms with E-state index < -0.39 is 0 Å². The average Bonchev–Trinajstić information content (AvgIpc) is 2.43. The Bertz CT molecular complexity index is 253. The van der Waals surface area contributed by atoms with Gasteiger partial charge >= 0.3 is 0 Å². The van der Waals surface area contributed by atoms with Crippen LogP contribution in [-0.4, -0.2) is 36.6 Å². The van der Waals surface area contributed by atoms with Crippen molar-refractivity contribution in [2.45, 2.75) is 70.5 Å². The maximum absolute atomic E-state index is 10.7. The molecule has 1 saturated carbocycles. The van der Waals surface area contributed by atoms with Gasteiger partial charge in [-0.05, 0) is 63.7 Å². The predicted molar refractivity (Wildman–Crippen MR) is 76.2 cm³/mol. The van der Waals surface area contributed by atoms with Crippen LogP contribution in [0.4, 0.5) is 0 Å². The first-order valence-corrected chi connectivity index (χ1v) is 8.06. The Morgan fingerprint density at radius 2 is 1.84 bits per heavy atom. The van der Waals surface area contributed by atoms with Crippen LogP contribution >= 0.6 is 0 Å². The molecule has 1 aliphatic carbocycles. The van der Waals surface area contributed by atoms with Crippen molar-refractivity contribution in [1.82, 2.24) is 0 Å². The van der Waals surface area contributed by atoms with Crippen LogP contribution in [0.2, 0.25) is 0 Å². The van der Waals surface area contributed by atoms with E-state index in [0.29, 0.717) is 12.5 Å². The quantitative estimate of drug-likeness (QED) is 0.834. The van der Waals surface area contributed by atoms with Gasteiger partial charge in [0, 0.05) is 19.8 Å². The second kappa shape index (κ2) is 7.05. The van der Waals surface area contributed by atoms with E-state index in [1.165, 1.54) is 12.8 Å². The summed E-state index contributed by atoms with van der Waals surface area (Å²) in [6.45, 7) is 6.77. The minimum atomic E-state index is -0.303. The third kappa shape index (κ3) is 3.93. The van der Waals surface area contributed by atoms with E-state index in [2.05, 4.69) is 6.92 Å². The lowest BCUT2D eigenvalue weighted by Gasteiger charge is -2.43. The zero-order valence-corrected chi connectivity index (χ0v) is 12.6. The van der Waals surface area contributed by atoms with E-state index in [1.807, 2.05) is 6.92 Å². The molecule has 0 bridgehead atoms. The summed E-state index contributed by atoms with van der Waals surface area (Å²) in [5.74, 6) is 1.39. The smallest absolute Gasteiger partial charge is 0.0940 e. The van der Waals surface area contributed by atoms with Gasteiger partial charge < -0.3 is 14.6 Å². The Hall–Kier alpha value is -0.120. The van der Waals surface area contributed by atoms with Gasteiger partial charge in [0.1, 0.15) is 0 Å². The molecule has 3 heteroatoms. The molecular formula is C16H30O3. The second-order valence-corrected chi connectivity index (χ2v) is 6.49. The Kier molecular flexibility index (Phi) is 5.67. The topological polar surface area (TPSA) is 38.7 Å². The maximum Gasteiger partial charge on any atom is 0.0940 e. The molecule has 2 rings (SSSR count). The van der Waals surface area contributed by atoms with Crippen molar-refractivity contribution >= 4 is 0 Å². The Balaban J connectivity index is 1.93. The number of hydrogen-bond donors (Lipinski definition) is 1. The highest BCUT2D eigenvalue weighted by Gasteiger charge is 2.42. The summed E-state index contributed by atoms with van der Waals surface area (Å²) in [5, 5.41) is 10.7. The fourth-order valence-electron chi connectivity index (χ4n) is 3.62. The molecule has 19 heavy (non-hydrogen) atoms. The molecule has 0 radical (unpaired) electrons. The van der Waals surface area contributed by atoms with Crippen molar-refractivity contribution in [1.29, 1.82) is 0 Å². The maximum atomic E-state index is 10.7. The summed E-state index contributed by atoms with van der Waals surface area (Å²) in [5.41, 5.74) is -0.264. The number of hydrogen-bond acceptors (Lipinski definition) is 3. The van der Waals surface area contributed by atoms with Gasteiger partial charge in [-0.2, -0.15) is 0 Å². The Morgan fingerprint density at radius 3 is 2.42 bits per heavy atom. The Morgan fingerprint density at radius 1 is 1.21 bits per heavy atom. The van der Waals surface area contributed by atoms with Crippen molar-refractivity contribution in [3.05, 3.63) is 0 Å². The molecule has 1 aliphatic heterocycles. The zero-order chi connectivity index (χ0) is 13.7. The number of aliphatic hydroxyl groups is 1. The van der Waals surface area contributed by atoms with Gasteiger partial charge in [0.05, 0.1) is 11.7 Å². The third-order valence-corrected chi connectivity index (χ3v) is 5.06. The van der Waals surface area contributed by atoms with Crippen molar-refractivity contribution < 1.29 is 14.6 Å². The average molecular weight is 270 g/mol. The van der Waals surface area contributed by atoms with E-state index >= 15 is 0 Å². The van der Waals surface area contributed by atoms with Gasteiger partial charge in [-0.25, -0.2) is 0 Å². The van der Waals surface area contributed by atoms with E-state index in [-0.39, 0.29) is 11.7 Å². The number of ether oxygens (including phenoxy) is 2. The predicted octanol–water partition coefficient (Wildman–Crippen LogP) is 3.15. The van der Waals surface area contributed by atoms with Crippen molar-refractivity contribution in [3.63, 3.8) is 0 Å². The van der Waals surface area contributed by atoms with Crippen LogP contribution in [0.1, 0.15) is 58.8 Å². The second-order valence-electron chi connectivity index (χ2n) is 6.49. The first kappa shape index (κ1) is 15.3. The molecule has 0 spiro atoms. The molecule has 0 aromatic carbocycles. The third-order valence-electron chi connectivity index (χ3n) is 5.06. The molecule has 1 heterocycles. The van der Waals surface area contributed by atoms with E-state index in [0.717, 1.165) is 51.2 Å². The van der Waals surface area contributed by atoms with Gasteiger partial charge in [0.15, 0.2) is 0 Å². The molecule has 1 N–H and O–H groups in total. The van der Waals surface area contributed by atoms with Gasteiger partial charge in [-0.1, -0.05) is 6.92 Å². The monoisotopic (exact) mass is 270 g/mol. The fourth-order valence-corrected chi connectivity index (χ4v) is 3.62. The van der Waals surface area contributed by atoms with Crippen LogP contribution < -0.4 is 0 Å². The minimum Gasteiger partial charge on any atom is -0.390 e. The fraction of sp³-hybridized carbons (Fsp3) is 1.00. The van der Waals surface area contributed by atoms with Crippen molar-refractivity contribution in [2.75, 3.05) is 19.8 Å². The van der Waals surface area contributed by atoms with Gasteiger partial charge in [-0.3, -0.25) is 0 Å². The van der Waals surface area contributed by atoms with E-state index in [1.54, 1.807) is 0 Å². The van der Waals surface area contributed by atoms with E-state index in [9.17, 15) is 5.11 Å². The Labute approximate surface area is 117 Å². The van der Waals surface area contributed by atoms with E-state index in [4.69, 9.17) is 9.47 Å². The van der Waals surface area contributed by atoms with Crippen molar-refractivity contribution in [2.24, 2.45) is 11.8 Å². The summed E-state index contributed by atoms with van der Waals surface area (Å²) in [6.07, 6.45) is 7.18. The first-order valence-electron chi connectivity index (χ1n) is 8.06. The highest BCUT2D eigenvalue weighted by atomic mass is 16.5. The number of rotatable bonds is 5. The zero-order valence-electron chi connectivity index (χ0n) is 12.6. The molecule has 0 amide bonds. The standard InChI is InChI=1S/C16H30O3/c1-3-19-16(8-4-13(2)5-9-16)15(17)12-14-6-10-18-11-7-14/h13-15,17H,3-12H2,1-2H3. The highest BCUT2D eigenvalue weighted by molar-refractivity contribution is 4.93. The summed E-state index contributed by atoms with van der Waals surface area (Å²) in [6, 6.07) is 0. The van der Waals surface area contributed by atoms with Crippen LogP contribution in [-0.2, 0) is 9.47 Å². The molecule has 1 unspecified atom stereocenters. The molecule has 2 aliphatic rings. The lowest BCUT2D eigenvalue weighted by molar-refractivity contribution is -0.151. The van der Waals surface area contributed by atoms with Gasteiger partial charge in [0.25, 0.3) is 0 Å². The molecule has 1 saturated heterocycles. The molecule has 0 aromatic heterocycles.